The largest absolute Gasteiger partial charge is 0.497 e. The van der Waals surface area contributed by atoms with Gasteiger partial charge in [-0.15, -0.1) is 0 Å². The fourth-order valence-corrected chi connectivity index (χ4v) is 3.26. The van der Waals surface area contributed by atoms with E-state index < -0.39 is 0 Å². The van der Waals surface area contributed by atoms with Crippen LogP contribution in [-0.2, 0) is 4.74 Å². The number of nitrogens with two attached hydrogens (primary N) is 1. The lowest BCUT2D eigenvalue weighted by molar-refractivity contribution is 0.0735. The highest BCUT2D eigenvalue weighted by atomic mass is 32.1. The van der Waals surface area contributed by atoms with E-state index in [0.717, 1.165) is 23.5 Å². The summed E-state index contributed by atoms with van der Waals surface area (Å²) in [5.74, 6) is 5.97. The number of nitrogens with one attached hydrogen (secondary N) is 2. The number of anilines is 1. The van der Waals surface area contributed by atoms with Gasteiger partial charge < -0.3 is 15.4 Å². The van der Waals surface area contributed by atoms with E-state index in [1.807, 2.05) is 19.1 Å². The van der Waals surface area contributed by atoms with Crippen LogP contribution in [0.2, 0.25) is 0 Å². The summed E-state index contributed by atoms with van der Waals surface area (Å²) in [6.07, 6.45) is 6.14. The van der Waals surface area contributed by atoms with E-state index in [1.165, 1.54) is 19.3 Å². The molecule has 0 saturated heterocycles. The standard InChI is InChI=1S/C19H28N4O2S/c1-3-25-14(2)13-23(20)18(24)15-9-11-17(12-10-15)22-19(26)21-16-7-5-4-6-8-16/h9-12,16H,2-8,13,20H2,1H3,(H2,21,22,26). The van der Waals surface area contributed by atoms with Crippen molar-refractivity contribution in [3.63, 3.8) is 0 Å². The predicted octanol–water partition coefficient (Wildman–Crippen LogP) is 3.17. The van der Waals surface area contributed by atoms with Gasteiger partial charge in [-0.25, -0.2) is 5.84 Å². The summed E-state index contributed by atoms with van der Waals surface area (Å²) in [7, 11) is 0. The Balaban J connectivity index is 1.85. The first-order valence-electron chi connectivity index (χ1n) is 9.04. The lowest BCUT2D eigenvalue weighted by Gasteiger charge is -2.24. The Morgan fingerprint density at radius 3 is 2.58 bits per heavy atom. The molecular formula is C19H28N4O2S. The topological polar surface area (TPSA) is 79.6 Å². The molecule has 1 amide bonds. The second-order valence-electron chi connectivity index (χ2n) is 6.42. The number of amides is 1. The quantitative estimate of drug-likeness (QED) is 0.223. The minimum atomic E-state index is -0.291. The van der Waals surface area contributed by atoms with Gasteiger partial charge in [-0.2, -0.15) is 0 Å². The molecule has 4 N–H and O–H groups in total. The molecule has 1 fully saturated rings. The van der Waals surface area contributed by atoms with Crippen LogP contribution in [0.1, 0.15) is 49.4 Å². The molecule has 0 radical (unpaired) electrons. The van der Waals surface area contributed by atoms with E-state index in [-0.39, 0.29) is 12.5 Å². The van der Waals surface area contributed by atoms with Crippen molar-refractivity contribution < 1.29 is 9.53 Å². The van der Waals surface area contributed by atoms with Crippen LogP contribution < -0.4 is 16.5 Å². The van der Waals surface area contributed by atoms with E-state index in [9.17, 15) is 4.79 Å². The Kier molecular flexibility index (Phi) is 7.87. The number of carbonyl (C=O) groups excluding carboxylic acids is 1. The summed E-state index contributed by atoms with van der Waals surface area (Å²) in [4.78, 5) is 12.3. The van der Waals surface area contributed by atoms with Gasteiger partial charge >= 0.3 is 0 Å². The second-order valence-corrected chi connectivity index (χ2v) is 6.82. The minimum Gasteiger partial charge on any atom is -0.497 e. The maximum absolute atomic E-state index is 12.3. The Bertz CT molecular complexity index is 627. The van der Waals surface area contributed by atoms with E-state index in [1.54, 1.807) is 12.1 Å². The van der Waals surface area contributed by atoms with Crippen molar-refractivity contribution in [3.8, 4) is 0 Å². The van der Waals surface area contributed by atoms with Gasteiger partial charge in [0, 0.05) is 17.3 Å². The Hall–Kier alpha value is -2.12. The lowest BCUT2D eigenvalue weighted by Crippen LogP contribution is -2.39. The van der Waals surface area contributed by atoms with E-state index in [2.05, 4.69) is 17.2 Å². The van der Waals surface area contributed by atoms with Crippen molar-refractivity contribution in [3.05, 3.63) is 42.2 Å². The van der Waals surface area contributed by atoms with Crippen molar-refractivity contribution in [2.24, 2.45) is 5.84 Å². The molecule has 1 aliphatic rings. The number of thiocarbonyl (C=S) groups is 1. The van der Waals surface area contributed by atoms with Crippen LogP contribution in [0.3, 0.4) is 0 Å². The molecule has 26 heavy (non-hydrogen) atoms. The first kappa shape index (κ1) is 20.2. The summed E-state index contributed by atoms with van der Waals surface area (Å²) in [6.45, 7) is 6.23. The summed E-state index contributed by atoms with van der Waals surface area (Å²) >= 11 is 5.37. The normalized spacial score (nSPS) is 14.4. The third-order valence-corrected chi connectivity index (χ3v) is 4.51. The number of hydrogen-bond donors (Lipinski definition) is 3. The maximum Gasteiger partial charge on any atom is 0.268 e. The van der Waals surface area contributed by atoms with Crippen LogP contribution in [0.4, 0.5) is 5.69 Å². The van der Waals surface area contributed by atoms with Gasteiger partial charge in [-0.05, 0) is 56.2 Å². The molecule has 1 aromatic carbocycles. The van der Waals surface area contributed by atoms with Crippen molar-refractivity contribution in [2.75, 3.05) is 18.5 Å². The van der Waals surface area contributed by atoms with Gasteiger partial charge in [0.25, 0.3) is 5.91 Å². The lowest BCUT2D eigenvalue weighted by atomic mass is 9.96. The molecule has 0 atom stereocenters. The van der Waals surface area contributed by atoms with Crippen LogP contribution >= 0.6 is 12.2 Å². The molecule has 0 aliphatic heterocycles. The van der Waals surface area contributed by atoms with Gasteiger partial charge in [-0.3, -0.25) is 9.80 Å². The third kappa shape index (κ3) is 6.31. The van der Waals surface area contributed by atoms with Crippen LogP contribution in [0.5, 0.6) is 0 Å². The first-order valence-corrected chi connectivity index (χ1v) is 9.45. The van der Waals surface area contributed by atoms with Gasteiger partial charge in [0.15, 0.2) is 5.11 Å². The summed E-state index contributed by atoms with van der Waals surface area (Å²) in [5, 5.41) is 8.23. The molecule has 6 nitrogen and oxygen atoms in total. The number of hydrogen-bond acceptors (Lipinski definition) is 4. The van der Waals surface area contributed by atoms with Crippen molar-refractivity contribution in [1.29, 1.82) is 0 Å². The van der Waals surface area contributed by atoms with Crippen LogP contribution in [-0.4, -0.2) is 35.2 Å². The number of carbonyl (C=O) groups is 1. The minimum absolute atomic E-state index is 0.155. The number of ether oxygens (including phenoxy) is 1. The van der Waals surface area contributed by atoms with Gasteiger partial charge in [0.1, 0.15) is 5.76 Å². The number of nitrogens with zero attached hydrogens (tertiary/aromatic N) is 1. The van der Waals surface area contributed by atoms with Crippen molar-refractivity contribution in [1.82, 2.24) is 10.3 Å². The van der Waals surface area contributed by atoms with Gasteiger partial charge in [0.05, 0.1) is 13.2 Å². The summed E-state index contributed by atoms with van der Waals surface area (Å²) in [5.41, 5.74) is 1.32. The number of benzene rings is 1. The SMILES string of the molecule is C=C(CN(N)C(=O)c1ccc(NC(=S)NC2CCCCC2)cc1)OCC. The summed E-state index contributed by atoms with van der Waals surface area (Å²) < 4.78 is 5.22. The number of rotatable bonds is 7. The van der Waals surface area contributed by atoms with Crippen molar-refractivity contribution in [2.45, 2.75) is 45.1 Å². The third-order valence-electron chi connectivity index (χ3n) is 4.29. The Morgan fingerprint density at radius 1 is 1.31 bits per heavy atom. The molecule has 0 unspecified atom stereocenters. The molecule has 2 rings (SSSR count). The van der Waals surface area contributed by atoms with Gasteiger partial charge in [0.2, 0.25) is 0 Å². The monoisotopic (exact) mass is 376 g/mol. The van der Waals surface area contributed by atoms with E-state index >= 15 is 0 Å². The number of hydrazine groups is 1. The average molecular weight is 377 g/mol. The molecule has 1 aliphatic carbocycles. The zero-order chi connectivity index (χ0) is 18.9. The molecule has 0 spiro atoms. The highest BCUT2D eigenvalue weighted by Gasteiger charge is 2.15. The highest BCUT2D eigenvalue weighted by Crippen LogP contribution is 2.18. The molecule has 0 aromatic heterocycles. The van der Waals surface area contributed by atoms with Crippen LogP contribution in [0.25, 0.3) is 0 Å². The van der Waals surface area contributed by atoms with Crippen LogP contribution in [0.15, 0.2) is 36.6 Å². The Labute approximate surface area is 160 Å². The molecule has 1 aromatic rings. The van der Waals surface area contributed by atoms with E-state index in [0.29, 0.717) is 29.1 Å². The molecule has 1 saturated carbocycles. The second kappa shape index (κ2) is 10.1. The maximum atomic E-state index is 12.3. The van der Waals surface area contributed by atoms with Crippen LogP contribution in [0, 0.1) is 0 Å². The van der Waals surface area contributed by atoms with Crippen molar-refractivity contribution >= 4 is 28.9 Å². The average Bonchev–Trinajstić information content (AvgIpc) is 2.62. The molecule has 142 valence electrons. The molecular weight excluding hydrogens is 348 g/mol. The highest BCUT2D eigenvalue weighted by molar-refractivity contribution is 7.80. The zero-order valence-electron chi connectivity index (χ0n) is 15.3. The Morgan fingerprint density at radius 2 is 1.96 bits per heavy atom. The van der Waals surface area contributed by atoms with E-state index in [4.69, 9.17) is 22.8 Å². The predicted molar refractivity (Wildman–Crippen MR) is 109 cm³/mol. The first-order chi connectivity index (χ1) is 12.5. The summed E-state index contributed by atoms with van der Waals surface area (Å²) in [6, 6.07) is 7.52. The fourth-order valence-electron chi connectivity index (χ4n) is 2.97. The zero-order valence-corrected chi connectivity index (χ0v) is 16.1. The molecule has 0 bridgehead atoms. The molecule has 7 heteroatoms. The molecule has 0 heterocycles. The van der Waals surface area contributed by atoms with Gasteiger partial charge in [-0.1, -0.05) is 25.8 Å². The smallest absolute Gasteiger partial charge is 0.268 e. The fraction of sp³-hybridized carbons (Fsp3) is 0.474.